The number of nitrogens with one attached hydrogen (secondary N) is 1. The normalized spacial score (nSPS) is 16.4. The van der Waals surface area contributed by atoms with Crippen LogP contribution in [0.3, 0.4) is 0 Å². The molecule has 1 aromatic heterocycles. The molecule has 1 amide bonds. The lowest BCUT2D eigenvalue weighted by molar-refractivity contribution is -0.138. The molecule has 0 aliphatic carbocycles. The second-order valence-corrected chi connectivity index (χ2v) is 12.5. The van der Waals surface area contributed by atoms with Crippen LogP contribution >= 0.6 is 23.4 Å². The molecule has 3 aromatic rings. The molecule has 2 aromatic carbocycles. The van der Waals surface area contributed by atoms with Crippen molar-refractivity contribution in [1.29, 1.82) is 0 Å². The maximum atomic E-state index is 14.2. The van der Waals surface area contributed by atoms with Gasteiger partial charge in [0.25, 0.3) is 5.56 Å². The van der Waals surface area contributed by atoms with Crippen LogP contribution in [0.1, 0.15) is 50.8 Å². The number of likely N-dealkylation sites (tertiary alicyclic amines) is 1. The summed E-state index contributed by atoms with van der Waals surface area (Å²) in [5, 5.41) is 3.19. The Morgan fingerprint density at radius 1 is 1.18 bits per heavy atom. The number of carbonyl (C=O) groups excluding carboxylic acids is 1. The third kappa shape index (κ3) is 7.50. The van der Waals surface area contributed by atoms with Crippen LogP contribution in [0.25, 0.3) is 10.9 Å². The maximum Gasteiger partial charge on any atom is 0.416 e. The van der Waals surface area contributed by atoms with E-state index in [9.17, 15) is 22.8 Å². The molecule has 12 heteroatoms. The highest BCUT2D eigenvalue weighted by Gasteiger charge is 2.35. The molecular formula is C28H32ClF3N4O3S. The van der Waals surface area contributed by atoms with E-state index in [0.717, 1.165) is 22.3 Å². The molecule has 1 aliphatic heterocycles. The summed E-state index contributed by atoms with van der Waals surface area (Å²) in [7, 11) is 0. The SMILES string of the molecule is CCSc1ccc(Cl)cc1Cn1cnc2cc(CN3CC[C@@H](NC(=O)OC(C)(C)C)C3)c(C(F)(F)F)cc2c1=O. The summed E-state index contributed by atoms with van der Waals surface area (Å²) in [4.78, 5) is 32.6. The minimum absolute atomic E-state index is 0.00214. The quantitative estimate of drug-likeness (QED) is 0.321. The van der Waals surface area contributed by atoms with Gasteiger partial charge >= 0.3 is 12.3 Å². The number of halogens is 4. The highest BCUT2D eigenvalue weighted by atomic mass is 35.5. The Labute approximate surface area is 240 Å². The fourth-order valence-electron chi connectivity index (χ4n) is 4.72. The van der Waals surface area contributed by atoms with Gasteiger partial charge in [-0.05, 0) is 74.4 Å². The van der Waals surface area contributed by atoms with E-state index in [1.54, 1.807) is 44.7 Å². The van der Waals surface area contributed by atoms with Gasteiger partial charge < -0.3 is 10.1 Å². The average molecular weight is 597 g/mol. The second-order valence-electron chi connectivity index (χ2n) is 10.8. The van der Waals surface area contributed by atoms with Crippen LogP contribution in [0.2, 0.25) is 5.02 Å². The summed E-state index contributed by atoms with van der Waals surface area (Å²) in [6.07, 6.45) is -3.28. The van der Waals surface area contributed by atoms with Crippen molar-refractivity contribution in [3.05, 3.63) is 68.7 Å². The highest BCUT2D eigenvalue weighted by molar-refractivity contribution is 7.99. The molecule has 2 heterocycles. The fourth-order valence-corrected chi connectivity index (χ4v) is 5.70. The molecule has 216 valence electrons. The molecule has 0 bridgehead atoms. The number of alkyl carbamates (subject to hydrolysis) is 1. The van der Waals surface area contributed by atoms with Crippen molar-refractivity contribution < 1.29 is 22.7 Å². The van der Waals surface area contributed by atoms with Gasteiger partial charge in [0.2, 0.25) is 0 Å². The van der Waals surface area contributed by atoms with Gasteiger partial charge in [0.05, 0.1) is 29.3 Å². The first-order chi connectivity index (χ1) is 18.7. The monoisotopic (exact) mass is 596 g/mol. The number of aromatic nitrogens is 2. The zero-order valence-electron chi connectivity index (χ0n) is 22.8. The van der Waals surface area contributed by atoms with Crippen molar-refractivity contribution in [1.82, 2.24) is 19.8 Å². The Hall–Kier alpha value is -2.76. The first-order valence-electron chi connectivity index (χ1n) is 13.0. The smallest absolute Gasteiger partial charge is 0.416 e. The lowest BCUT2D eigenvalue weighted by Crippen LogP contribution is -2.40. The zero-order valence-corrected chi connectivity index (χ0v) is 24.3. The molecule has 1 fully saturated rings. The second kappa shape index (κ2) is 12.0. The van der Waals surface area contributed by atoms with Crippen LogP contribution < -0.4 is 10.9 Å². The minimum Gasteiger partial charge on any atom is -0.444 e. The molecule has 4 rings (SSSR count). The number of benzene rings is 2. The molecule has 40 heavy (non-hydrogen) atoms. The number of hydrogen-bond donors (Lipinski definition) is 1. The molecule has 1 atom stereocenters. The lowest BCUT2D eigenvalue weighted by Gasteiger charge is -2.22. The number of rotatable bonds is 7. The van der Waals surface area contributed by atoms with Gasteiger partial charge in [0, 0.05) is 35.6 Å². The topological polar surface area (TPSA) is 76.5 Å². The van der Waals surface area contributed by atoms with E-state index < -0.39 is 29.0 Å². The van der Waals surface area contributed by atoms with E-state index >= 15 is 0 Å². The van der Waals surface area contributed by atoms with Crippen molar-refractivity contribution in [2.45, 2.75) is 69.9 Å². The Bertz CT molecular complexity index is 1460. The Morgan fingerprint density at radius 3 is 2.60 bits per heavy atom. The van der Waals surface area contributed by atoms with Crippen LogP contribution in [0.5, 0.6) is 0 Å². The fraction of sp³-hybridized carbons (Fsp3) is 0.464. The summed E-state index contributed by atoms with van der Waals surface area (Å²) in [6.45, 7) is 8.29. The largest absolute Gasteiger partial charge is 0.444 e. The number of fused-ring (bicyclic) bond motifs is 1. The number of carbonyl (C=O) groups is 1. The predicted octanol–water partition coefficient (Wildman–Crippen LogP) is 6.33. The van der Waals surface area contributed by atoms with Crippen molar-refractivity contribution >= 4 is 40.4 Å². The number of alkyl halides is 3. The molecule has 7 nitrogen and oxygen atoms in total. The Kier molecular flexibility index (Phi) is 9.06. The first kappa shape index (κ1) is 30.2. The van der Waals surface area contributed by atoms with E-state index in [0.29, 0.717) is 24.5 Å². The summed E-state index contributed by atoms with van der Waals surface area (Å²) in [6, 6.07) is 7.39. The lowest BCUT2D eigenvalue weighted by atomic mass is 10.0. The average Bonchev–Trinajstić information content (AvgIpc) is 3.27. The van der Waals surface area contributed by atoms with Crippen molar-refractivity contribution in [3.63, 3.8) is 0 Å². The molecule has 0 saturated carbocycles. The van der Waals surface area contributed by atoms with Crippen LogP contribution in [0.15, 0.2) is 46.3 Å². The van der Waals surface area contributed by atoms with Crippen molar-refractivity contribution in [2.75, 3.05) is 18.8 Å². The summed E-state index contributed by atoms with van der Waals surface area (Å²) < 4.78 is 49.1. The Morgan fingerprint density at radius 2 is 1.93 bits per heavy atom. The summed E-state index contributed by atoms with van der Waals surface area (Å²) in [5.74, 6) is 0.812. The molecular weight excluding hydrogens is 565 g/mol. The third-order valence-electron chi connectivity index (χ3n) is 6.40. The van der Waals surface area contributed by atoms with E-state index in [4.69, 9.17) is 16.3 Å². The van der Waals surface area contributed by atoms with E-state index in [1.807, 2.05) is 17.9 Å². The number of nitrogens with zero attached hydrogens (tertiary/aromatic N) is 3. The molecule has 1 saturated heterocycles. The predicted molar refractivity (Wildman–Crippen MR) is 151 cm³/mol. The van der Waals surface area contributed by atoms with E-state index in [-0.39, 0.29) is 35.6 Å². The van der Waals surface area contributed by atoms with Crippen LogP contribution in [0, 0.1) is 0 Å². The summed E-state index contributed by atoms with van der Waals surface area (Å²) >= 11 is 7.76. The number of hydrogen-bond acceptors (Lipinski definition) is 6. The van der Waals surface area contributed by atoms with Gasteiger partial charge in [-0.3, -0.25) is 14.3 Å². The summed E-state index contributed by atoms with van der Waals surface area (Å²) in [5.41, 5.74) is -1.06. The van der Waals surface area contributed by atoms with Gasteiger partial charge in [0.15, 0.2) is 0 Å². The van der Waals surface area contributed by atoms with Crippen LogP contribution in [-0.2, 0) is 24.0 Å². The van der Waals surface area contributed by atoms with E-state index in [1.165, 1.54) is 17.0 Å². The Balaban J connectivity index is 1.59. The number of amides is 1. The van der Waals surface area contributed by atoms with Gasteiger partial charge in [-0.2, -0.15) is 13.2 Å². The van der Waals surface area contributed by atoms with Crippen LogP contribution in [-0.4, -0.2) is 51.0 Å². The minimum atomic E-state index is -4.66. The van der Waals surface area contributed by atoms with Gasteiger partial charge in [-0.25, -0.2) is 9.78 Å². The van der Waals surface area contributed by atoms with Gasteiger partial charge in [-0.15, -0.1) is 11.8 Å². The molecule has 0 unspecified atom stereocenters. The third-order valence-corrected chi connectivity index (χ3v) is 7.64. The van der Waals surface area contributed by atoms with Crippen molar-refractivity contribution in [3.8, 4) is 0 Å². The molecule has 0 radical (unpaired) electrons. The van der Waals surface area contributed by atoms with E-state index in [2.05, 4.69) is 10.3 Å². The van der Waals surface area contributed by atoms with Gasteiger partial charge in [0.1, 0.15) is 5.60 Å². The first-order valence-corrected chi connectivity index (χ1v) is 14.3. The molecule has 1 N–H and O–H groups in total. The highest BCUT2D eigenvalue weighted by Crippen LogP contribution is 2.35. The molecule has 0 spiro atoms. The molecule has 1 aliphatic rings. The zero-order chi connectivity index (χ0) is 29.2. The standard InChI is InChI=1S/C28H32ClF3N4O3S/c1-5-40-24-7-6-19(29)10-18(24)14-36-16-33-23-11-17(22(28(30,31)32)12-21(23)25(36)37)13-35-9-8-20(15-35)34-26(38)39-27(2,3)4/h6-7,10-12,16,20H,5,8-9,13-15H2,1-4H3,(H,34,38)/t20-/m1/s1. The van der Waals surface area contributed by atoms with Gasteiger partial charge in [-0.1, -0.05) is 18.5 Å². The number of thioether (sulfide) groups is 1. The number of ether oxygens (including phenoxy) is 1. The van der Waals surface area contributed by atoms with Crippen molar-refractivity contribution in [2.24, 2.45) is 0 Å². The van der Waals surface area contributed by atoms with Crippen LogP contribution in [0.4, 0.5) is 18.0 Å². The maximum absolute atomic E-state index is 14.2.